The van der Waals surface area contributed by atoms with E-state index in [0.717, 1.165) is 29.9 Å². The minimum absolute atomic E-state index is 0.0625. The van der Waals surface area contributed by atoms with E-state index in [9.17, 15) is 4.79 Å². The van der Waals surface area contributed by atoms with Gasteiger partial charge in [-0.05, 0) is 36.6 Å². The van der Waals surface area contributed by atoms with Crippen LogP contribution in [-0.2, 0) is 12.2 Å². The second-order valence-electron chi connectivity index (χ2n) is 4.73. The lowest BCUT2D eigenvalue weighted by atomic mass is 10.2. The van der Waals surface area contributed by atoms with Gasteiger partial charge in [0.15, 0.2) is 0 Å². The molecule has 3 rings (SSSR count). The van der Waals surface area contributed by atoms with Crippen molar-refractivity contribution in [2.75, 3.05) is 11.6 Å². The summed E-state index contributed by atoms with van der Waals surface area (Å²) in [6, 6.07) is 2.06. The summed E-state index contributed by atoms with van der Waals surface area (Å²) in [6.07, 6.45) is 3.14. The first-order valence-corrected chi connectivity index (χ1v) is 8.31. The van der Waals surface area contributed by atoms with Crippen molar-refractivity contribution in [3.8, 4) is 0 Å². The van der Waals surface area contributed by atoms with Crippen molar-refractivity contribution in [1.82, 2.24) is 5.32 Å². The van der Waals surface area contributed by atoms with Crippen molar-refractivity contribution >= 4 is 40.6 Å². The quantitative estimate of drug-likeness (QED) is 0.866. The molecule has 2 nitrogen and oxygen atoms in total. The van der Waals surface area contributed by atoms with Gasteiger partial charge >= 0.3 is 0 Å². The maximum atomic E-state index is 12.1. The maximum Gasteiger partial charge on any atom is 0.261 e. The Labute approximate surface area is 114 Å². The SMILES string of the molecule is O=C(NC1(CCl)CC1)c1cc2c(s1)CCSC2. The number of amides is 1. The lowest BCUT2D eigenvalue weighted by Gasteiger charge is -2.12. The molecule has 1 aromatic rings. The number of fused-ring (bicyclic) bond motifs is 1. The molecule has 1 saturated carbocycles. The number of thiophene rings is 1. The molecule has 0 aromatic carbocycles. The molecule has 1 amide bonds. The first-order valence-electron chi connectivity index (χ1n) is 5.80. The van der Waals surface area contributed by atoms with Crippen LogP contribution in [0, 0.1) is 0 Å². The van der Waals surface area contributed by atoms with Crippen molar-refractivity contribution in [1.29, 1.82) is 0 Å². The van der Waals surface area contributed by atoms with Crippen LogP contribution in [0.2, 0.25) is 0 Å². The smallest absolute Gasteiger partial charge is 0.261 e. The Bertz CT molecular complexity index is 430. The fourth-order valence-electron chi connectivity index (χ4n) is 2.00. The number of hydrogen-bond acceptors (Lipinski definition) is 3. The van der Waals surface area contributed by atoms with Crippen molar-refractivity contribution < 1.29 is 4.79 Å². The molecule has 1 fully saturated rings. The van der Waals surface area contributed by atoms with Crippen molar-refractivity contribution in [2.45, 2.75) is 30.6 Å². The van der Waals surface area contributed by atoms with E-state index in [2.05, 4.69) is 11.4 Å². The van der Waals surface area contributed by atoms with Crippen molar-refractivity contribution in [3.05, 3.63) is 21.4 Å². The summed E-state index contributed by atoms with van der Waals surface area (Å²) in [5.41, 5.74) is 1.25. The molecule has 0 spiro atoms. The minimum atomic E-state index is -0.0993. The molecule has 0 bridgehead atoms. The number of aryl methyl sites for hydroxylation is 1. The lowest BCUT2D eigenvalue weighted by Crippen LogP contribution is -2.37. The minimum Gasteiger partial charge on any atom is -0.345 e. The summed E-state index contributed by atoms with van der Waals surface area (Å²) in [4.78, 5) is 14.4. The molecule has 1 aliphatic heterocycles. The van der Waals surface area contributed by atoms with Crippen LogP contribution in [0.1, 0.15) is 33.0 Å². The number of thioether (sulfide) groups is 1. The van der Waals surface area contributed by atoms with E-state index in [1.807, 2.05) is 11.8 Å². The maximum absolute atomic E-state index is 12.1. The Hall–Kier alpha value is -0.190. The second-order valence-corrected chi connectivity index (χ2v) is 7.24. The number of alkyl halides is 1. The molecule has 0 unspecified atom stereocenters. The molecular weight excluding hydrogens is 274 g/mol. The topological polar surface area (TPSA) is 29.1 Å². The molecule has 1 aliphatic carbocycles. The van der Waals surface area contributed by atoms with Crippen LogP contribution in [0.5, 0.6) is 0 Å². The molecule has 2 heterocycles. The van der Waals surface area contributed by atoms with Gasteiger partial charge in [-0.1, -0.05) is 0 Å². The molecule has 0 saturated heterocycles. The summed E-state index contributed by atoms with van der Waals surface area (Å²) in [6.45, 7) is 0. The van der Waals surface area contributed by atoms with Gasteiger partial charge in [-0.2, -0.15) is 11.8 Å². The van der Waals surface area contributed by atoms with E-state index in [-0.39, 0.29) is 11.4 Å². The third kappa shape index (κ3) is 2.35. The first-order chi connectivity index (χ1) is 8.22. The molecule has 17 heavy (non-hydrogen) atoms. The highest BCUT2D eigenvalue weighted by Crippen LogP contribution is 2.37. The number of hydrogen-bond donors (Lipinski definition) is 1. The average Bonchev–Trinajstić information content (AvgIpc) is 2.98. The van der Waals surface area contributed by atoms with Gasteiger partial charge < -0.3 is 5.32 Å². The summed E-state index contributed by atoms with van der Waals surface area (Å²) in [5.74, 6) is 2.83. The first kappa shape index (κ1) is 11.9. The highest BCUT2D eigenvalue weighted by molar-refractivity contribution is 7.98. The molecule has 92 valence electrons. The highest BCUT2D eigenvalue weighted by Gasteiger charge is 2.43. The Morgan fingerprint density at radius 2 is 2.35 bits per heavy atom. The largest absolute Gasteiger partial charge is 0.345 e. The van der Waals surface area contributed by atoms with E-state index in [1.54, 1.807) is 11.3 Å². The Morgan fingerprint density at radius 1 is 1.53 bits per heavy atom. The number of carbonyl (C=O) groups is 1. The van der Waals surface area contributed by atoms with Gasteiger partial charge in [0.05, 0.1) is 10.4 Å². The molecule has 5 heteroatoms. The number of rotatable bonds is 3. The molecule has 1 N–H and O–H groups in total. The third-order valence-electron chi connectivity index (χ3n) is 3.34. The number of nitrogens with one attached hydrogen (secondary N) is 1. The Morgan fingerprint density at radius 3 is 3.00 bits per heavy atom. The third-order valence-corrected chi connectivity index (χ3v) is 6.09. The van der Waals surface area contributed by atoms with Crippen LogP contribution >= 0.6 is 34.7 Å². The fourth-order valence-corrected chi connectivity index (χ4v) is 4.61. The van der Waals surface area contributed by atoms with E-state index in [1.165, 1.54) is 16.2 Å². The van der Waals surface area contributed by atoms with Gasteiger partial charge in [-0.3, -0.25) is 4.79 Å². The van der Waals surface area contributed by atoms with E-state index in [0.29, 0.717) is 5.88 Å². The lowest BCUT2D eigenvalue weighted by molar-refractivity contribution is 0.0940. The molecule has 0 atom stereocenters. The molecular formula is C12H14ClNOS2. The van der Waals surface area contributed by atoms with Crippen LogP contribution in [0.4, 0.5) is 0 Å². The normalized spacial score (nSPS) is 20.8. The van der Waals surface area contributed by atoms with Gasteiger partial charge in [-0.15, -0.1) is 22.9 Å². The zero-order valence-electron chi connectivity index (χ0n) is 9.42. The van der Waals surface area contributed by atoms with Gasteiger partial charge in [0, 0.05) is 16.5 Å². The second kappa shape index (κ2) is 4.48. The van der Waals surface area contributed by atoms with Gasteiger partial charge in [-0.25, -0.2) is 0 Å². The van der Waals surface area contributed by atoms with Gasteiger partial charge in [0.25, 0.3) is 5.91 Å². The van der Waals surface area contributed by atoms with Crippen LogP contribution in [0.25, 0.3) is 0 Å². The summed E-state index contributed by atoms with van der Waals surface area (Å²) in [5, 5.41) is 3.08. The van der Waals surface area contributed by atoms with Crippen molar-refractivity contribution in [3.63, 3.8) is 0 Å². The van der Waals surface area contributed by atoms with E-state index < -0.39 is 0 Å². The Balaban J connectivity index is 1.75. The van der Waals surface area contributed by atoms with Crippen LogP contribution < -0.4 is 5.32 Å². The summed E-state index contributed by atoms with van der Waals surface area (Å²) >= 11 is 9.47. The predicted molar refractivity (Wildman–Crippen MR) is 74.3 cm³/mol. The van der Waals surface area contributed by atoms with Gasteiger partial charge in [0.1, 0.15) is 0 Å². The number of halogens is 1. The highest BCUT2D eigenvalue weighted by atomic mass is 35.5. The molecule has 1 aromatic heterocycles. The van der Waals surface area contributed by atoms with E-state index >= 15 is 0 Å². The summed E-state index contributed by atoms with van der Waals surface area (Å²) < 4.78 is 0. The molecule has 2 aliphatic rings. The van der Waals surface area contributed by atoms with Crippen LogP contribution in [0.15, 0.2) is 6.07 Å². The van der Waals surface area contributed by atoms with Crippen molar-refractivity contribution in [2.24, 2.45) is 0 Å². The van der Waals surface area contributed by atoms with E-state index in [4.69, 9.17) is 11.6 Å². The fraction of sp³-hybridized carbons (Fsp3) is 0.583. The van der Waals surface area contributed by atoms with Gasteiger partial charge in [0.2, 0.25) is 0 Å². The summed E-state index contributed by atoms with van der Waals surface area (Å²) in [7, 11) is 0. The zero-order valence-corrected chi connectivity index (χ0v) is 11.8. The zero-order chi connectivity index (χ0) is 11.9. The van der Waals surface area contributed by atoms with Crippen LogP contribution in [-0.4, -0.2) is 23.1 Å². The average molecular weight is 288 g/mol. The van der Waals surface area contributed by atoms with Crippen LogP contribution in [0.3, 0.4) is 0 Å². The predicted octanol–water partition coefficient (Wildman–Crippen LogP) is 3.04. The molecule has 0 radical (unpaired) electrons. The standard InChI is InChI=1S/C12H14ClNOS2/c13-7-12(2-3-12)14-11(15)10-5-8-6-16-4-1-9(8)17-10/h5H,1-4,6-7H2,(H,14,15). The number of carbonyl (C=O) groups excluding carboxylic acids is 1. The Kier molecular flexibility index (Phi) is 3.13. The monoisotopic (exact) mass is 287 g/mol.